The van der Waals surface area contributed by atoms with Crippen molar-refractivity contribution in [3.05, 3.63) is 29.3 Å². The Morgan fingerprint density at radius 2 is 1.94 bits per heavy atom. The van der Waals surface area contributed by atoms with Crippen LogP contribution in [0.1, 0.15) is 76.0 Å². The van der Waals surface area contributed by atoms with E-state index >= 15 is 0 Å². The van der Waals surface area contributed by atoms with Gasteiger partial charge in [0, 0.05) is 45.6 Å². The van der Waals surface area contributed by atoms with E-state index in [9.17, 15) is 4.79 Å². The number of nitrogens with zero attached hydrogens (tertiary/aromatic N) is 1. The molecule has 2 heterocycles. The molecule has 0 unspecified atom stereocenters. The highest BCUT2D eigenvalue weighted by Gasteiger charge is 2.33. The second-order valence-corrected chi connectivity index (χ2v) is 8.66. The van der Waals surface area contributed by atoms with E-state index in [1.807, 2.05) is 36.9 Å². The van der Waals surface area contributed by atoms with Gasteiger partial charge in [0.05, 0.1) is 13.2 Å². The summed E-state index contributed by atoms with van der Waals surface area (Å²) in [5, 5.41) is 0. The molecule has 170 valence electrons. The first-order chi connectivity index (χ1) is 15.0. The quantitative estimate of drug-likeness (QED) is 0.337. The maximum Gasteiger partial charge on any atom is 0.410 e. The molecule has 1 aromatic rings. The van der Waals surface area contributed by atoms with Crippen LogP contribution in [0.25, 0.3) is 0 Å². The summed E-state index contributed by atoms with van der Waals surface area (Å²) in [5.41, 5.74) is 1.98. The fourth-order valence-electron chi connectivity index (χ4n) is 3.82. The topological polar surface area (TPSA) is 57.2 Å². The molecule has 6 heteroatoms. The largest absolute Gasteiger partial charge is 0.463 e. The number of amides is 1. The van der Waals surface area contributed by atoms with Crippen molar-refractivity contribution in [1.82, 2.24) is 4.90 Å². The Morgan fingerprint density at radius 3 is 2.74 bits per heavy atom. The van der Waals surface area contributed by atoms with E-state index in [1.165, 1.54) is 0 Å². The number of fused-ring (bicyclic) bond motifs is 1. The summed E-state index contributed by atoms with van der Waals surface area (Å²) in [6, 6.07) is 5.95. The third-order valence-electron chi connectivity index (χ3n) is 5.60. The average Bonchev–Trinajstić information content (AvgIpc) is 3.11. The fraction of sp³-hybridized carbons (Fsp3) is 0.640. The zero-order valence-corrected chi connectivity index (χ0v) is 18.9. The first-order valence-electron chi connectivity index (χ1n) is 11.4. The molecule has 0 saturated carbocycles. The van der Waals surface area contributed by atoms with Crippen LogP contribution >= 0.6 is 0 Å². The Labute approximate surface area is 186 Å². The first-order valence-corrected chi connectivity index (χ1v) is 11.4. The van der Waals surface area contributed by atoms with Gasteiger partial charge in [-0.2, -0.15) is 0 Å². The highest BCUT2D eigenvalue weighted by molar-refractivity contribution is 5.70. The smallest absolute Gasteiger partial charge is 0.410 e. The molecule has 31 heavy (non-hydrogen) atoms. The second-order valence-electron chi connectivity index (χ2n) is 8.66. The molecule has 6 nitrogen and oxygen atoms in total. The van der Waals surface area contributed by atoms with Crippen LogP contribution in [0.15, 0.2) is 18.2 Å². The van der Waals surface area contributed by atoms with Crippen LogP contribution < -0.4 is 4.74 Å². The summed E-state index contributed by atoms with van der Waals surface area (Å²) in [7, 11) is 0. The van der Waals surface area contributed by atoms with Crippen molar-refractivity contribution in [2.75, 3.05) is 26.3 Å². The molecule has 0 spiro atoms. The normalized spacial score (nSPS) is 19.5. The molecule has 0 bridgehead atoms. The average molecular weight is 430 g/mol. The number of carbonyl (C=O) groups excluding carboxylic acids is 1. The van der Waals surface area contributed by atoms with Crippen LogP contribution in [0.4, 0.5) is 4.79 Å². The third kappa shape index (κ3) is 7.15. The van der Waals surface area contributed by atoms with Crippen molar-refractivity contribution in [3.63, 3.8) is 0 Å². The predicted octanol–water partition coefficient (Wildman–Crippen LogP) is 5.21. The van der Waals surface area contributed by atoms with Gasteiger partial charge in [0.25, 0.3) is 0 Å². The molecule has 0 aliphatic carbocycles. The molecule has 1 atom stereocenters. The van der Waals surface area contributed by atoms with E-state index in [0.717, 1.165) is 81.6 Å². The Hall–Kier alpha value is -2.23. The lowest BCUT2D eigenvalue weighted by Gasteiger charge is -2.32. The Kier molecular flexibility index (Phi) is 8.62. The Bertz CT molecular complexity index is 770. The summed E-state index contributed by atoms with van der Waals surface area (Å²) in [4.78, 5) is 14.1. The maximum absolute atomic E-state index is 12.3. The molecule has 2 aliphatic heterocycles. The molecule has 1 fully saturated rings. The summed E-state index contributed by atoms with van der Waals surface area (Å²) < 4.78 is 22.8. The van der Waals surface area contributed by atoms with Gasteiger partial charge in [0.1, 0.15) is 11.9 Å². The van der Waals surface area contributed by atoms with Gasteiger partial charge < -0.3 is 23.8 Å². The second kappa shape index (κ2) is 11.4. The zero-order valence-electron chi connectivity index (χ0n) is 18.9. The Balaban J connectivity index is 1.32. The lowest BCUT2D eigenvalue weighted by atomic mass is 10.0. The number of carbonyl (C=O) groups is 1. The summed E-state index contributed by atoms with van der Waals surface area (Å²) in [6.45, 7) is 7.20. The Morgan fingerprint density at radius 1 is 1.16 bits per heavy atom. The van der Waals surface area contributed by atoms with Gasteiger partial charge in [-0.15, -0.1) is 12.3 Å². The van der Waals surface area contributed by atoms with E-state index in [-0.39, 0.29) is 12.2 Å². The summed E-state index contributed by atoms with van der Waals surface area (Å²) in [5.74, 6) is 2.86. The number of ether oxygens (including phenoxy) is 4. The van der Waals surface area contributed by atoms with Crippen molar-refractivity contribution >= 4 is 6.09 Å². The number of hydrogen-bond donors (Lipinski definition) is 0. The number of cyclic esters (lactones) is 1. The van der Waals surface area contributed by atoms with Gasteiger partial charge in [-0.1, -0.05) is 18.9 Å². The van der Waals surface area contributed by atoms with Crippen molar-refractivity contribution in [1.29, 1.82) is 0 Å². The van der Waals surface area contributed by atoms with Gasteiger partial charge in [-0.05, 0) is 43.4 Å². The predicted molar refractivity (Wildman–Crippen MR) is 119 cm³/mol. The molecule has 1 saturated heterocycles. The minimum Gasteiger partial charge on any atom is -0.463 e. The van der Waals surface area contributed by atoms with Crippen LogP contribution in [0.2, 0.25) is 0 Å². The van der Waals surface area contributed by atoms with Crippen molar-refractivity contribution < 1.29 is 23.7 Å². The highest BCUT2D eigenvalue weighted by atomic mass is 16.7. The molecular weight excluding hydrogens is 394 g/mol. The standard InChI is InChI=1S/C25H35NO5/c1-4-5-6-10-15-28-16-11-8-7-9-14-26-18-23(30-24(26)27)20-12-13-22-21(17-20)19-29-25(2,3)31-22/h1,12-13,17,23H,5-11,14-16,18-19H2,2-3H3/t23-/m0/s1. The lowest BCUT2D eigenvalue weighted by Crippen LogP contribution is -2.35. The molecule has 2 aliphatic rings. The minimum atomic E-state index is -0.612. The van der Waals surface area contributed by atoms with Crippen molar-refractivity contribution in [3.8, 4) is 18.1 Å². The number of unbranched alkanes of at least 4 members (excludes halogenated alkanes) is 5. The number of hydrogen-bond acceptors (Lipinski definition) is 5. The third-order valence-corrected chi connectivity index (χ3v) is 5.60. The number of rotatable bonds is 12. The van der Waals surface area contributed by atoms with Gasteiger partial charge in [-0.3, -0.25) is 0 Å². The molecule has 1 aromatic carbocycles. The zero-order chi connectivity index (χ0) is 22.1. The maximum atomic E-state index is 12.3. The molecule has 1 amide bonds. The monoisotopic (exact) mass is 429 g/mol. The van der Waals surface area contributed by atoms with Crippen LogP contribution in [-0.4, -0.2) is 43.1 Å². The van der Waals surface area contributed by atoms with Crippen LogP contribution in [0, 0.1) is 12.3 Å². The van der Waals surface area contributed by atoms with Gasteiger partial charge in [0.2, 0.25) is 5.79 Å². The lowest BCUT2D eigenvalue weighted by molar-refractivity contribution is -0.180. The number of benzene rings is 1. The molecule has 0 aromatic heterocycles. The molecule has 0 radical (unpaired) electrons. The van der Waals surface area contributed by atoms with E-state index in [4.69, 9.17) is 25.4 Å². The van der Waals surface area contributed by atoms with E-state index in [1.54, 1.807) is 0 Å². The van der Waals surface area contributed by atoms with Crippen LogP contribution in [0.5, 0.6) is 5.75 Å². The molecule has 0 N–H and O–H groups in total. The summed E-state index contributed by atoms with van der Waals surface area (Å²) in [6.07, 6.45) is 11.9. The SMILES string of the molecule is C#CCCCCOCCCCCCN1C[C@@H](c2ccc3c(c2)COC(C)(C)O3)OC1=O. The first kappa shape index (κ1) is 23.4. The van der Waals surface area contributed by atoms with E-state index in [2.05, 4.69) is 5.92 Å². The van der Waals surface area contributed by atoms with Gasteiger partial charge in [-0.25, -0.2) is 4.79 Å². The van der Waals surface area contributed by atoms with Crippen molar-refractivity contribution in [2.24, 2.45) is 0 Å². The van der Waals surface area contributed by atoms with Gasteiger partial charge >= 0.3 is 6.09 Å². The number of terminal acetylenes is 1. The highest BCUT2D eigenvalue weighted by Crippen LogP contribution is 2.35. The fourth-order valence-corrected chi connectivity index (χ4v) is 3.82. The summed E-state index contributed by atoms with van der Waals surface area (Å²) >= 11 is 0. The minimum absolute atomic E-state index is 0.230. The van der Waals surface area contributed by atoms with Crippen LogP contribution in [-0.2, 0) is 20.8 Å². The van der Waals surface area contributed by atoms with E-state index in [0.29, 0.717) is 13.2 Å². The van der Waals surface area contributed by atoms with Crippen LogP contribution in [0.3, 0.4) is 0 Å². The molecule has 3 rings (SSSR count). The molecular formula is C25H35NO5. The van der Waals surface area contributed by atoms with Gasteiger partial charge in [0.15, 0.2) is 0 Å². The van der Waals surface area contributed by atoms with Crippen molar-refractivity contribution in [2.45, 2.75) is 77.3 Å². The van der Waals surface area contributed by atoms with E-state index < -0.39 is 5.79 Å².